The van der Waals surface area contributed by atoms with Crippen molar-refractivity contribution in [2.75, 3.05) is 0 Å². The quantitative estimate of drug-likeness (QED) is 0.718. The second-order valence-corrected chi connectivity index (χ2v) is 5.36. The van der Waals surface area contributed by atoms with Gasteiger partial charge in [-0.2, -0.15) is 11.3 Å². The summed E-state index contributed by atoms with van der Waals surface area (Å²) >= 11 is 8.17. The topological polar surface area (TPSA) is 13.1 Å². The summed E-state index contributed by atoms with van der Waals surface area (Å²) in [6, 6.07) is 2.12. The molecule has 0 saturated heterocycles. The van der Waals surface area contributed by atoms with E-state index >= 15 is 0 Å². The minimum atomic E-state index is 0.00653. The number of thiophene rings is 1. The molecule has 0 fully saturated rings. The third kappa shape index (κ3) is 2.18. The van der Waals surface area contributed by atoms with E-state index < -0.39 is 0 Å². The lowest BCUT2D eigenvalue weighted by Crippen LogP contribution is -1.97. The first kappa shape index (κ1) is 11.7. The molecule has 2 rings (SSSR count). The first-order valence-electron chi connectivity index (χ1n) is 5.31. The van der Waals surface area contributed by atoms with Crippen molar-refractivity contribution in [1.82, 2.24) is 0 Å². The molecule has 16 heavy (non-hydrogen) atoms. The summed E-state index contributed by atoms with van der Waals surface area (Å²) in [7, 11) is 0. The molecular formula is C13H15ClOS. The van der Waals surface area contributed by atoms with Crippen molar-refractivity contribution in [3.8, 4) is 0 Å². The van der Waals surface area contributed by atoms with Gasteiger partial charge in [-0.3, -0.25) is 0 Å². The summed E-state index contributed by atoms with van der Waals surface area (Å²) in [6.45, 7) is 6.04. The first-order valence-corrected chi connectivity index (χ1v) is 6.69. The molecule has 2 heterocycles. The van der Waals surface area contributed by atoms with Gasteiger partial charge in [-0.25, -0.2) is 0 Å². The minimum absolute atomic E-state index is 0.00653. The predicted molar refractivity (Wildman–Crippen MR) is 69.5 cm³/mol. The van der Waals surface area contributed by atoms with Gasteiger partial charge in [0.2, 0.25) is 0 Å². The molecule has 0 spiro atoms. The lowest BCUT2D eigenvalue weighted by atomic mass is 10.0. The van der Waals surface area contributed by atoms with Gasteiger partial charge >= 0.3 is 0 Å². The number of aryl methyl sites for hydroxylation is 2. The Bertz CT molecular complexity index is 470. The zero-order chi connectivity index (χ0) is 11.7. The maximum absolute atomic E-state index is 6.47. The van der Waals surface area contributed by atoms with Gasteiger partial charge in [-0.15, -0.1) is 11.6 Å². The number of hydrogen-bond donors (Lipinski definition) is 0. The third-order valence-electron chi connectivity index (χ3n) is 2.93. The molecule has 0 saturated carbocycles. The van der Waals surface area contributed by atoms with Gasteiger partial charge in [0.15, 0.2) is 0 Å². The fourth-order valence-corrected chi connectivity index (χ4v) is 3.17. The van der Waals surface area contributed by atoms with Crippen LogP contribution in [0.4, 0.5) is 0 Å². The highest BCUT2D eigenvalue weighted by Gasteiger charge is 2.19. The Labute approximate surface area is 105 Å². The lowest BCUT2D eigenvalue weighted by molar-refractivity contribution is 0.499. The Kier molecular flexibility index (Phi) is 3.41. The van der Waals surface area contributed by atoms with E-state index in [-0.39, 0.29) is 5.38 Å². The molecule has 0 aliphatic carbocycles. The van der Waals surface area contributed by atoms with E-state index in [1.54, 1.807) is 11.3 Å². The van der Waals surface area contributed by atoms with Crippen LogP contribution in [0.25, 0.3) is 0 Å². The van der Waals surface area contributed by atoms with Gasteiger partial charge in [0.1, 0.15) is 11.5 Å². The summed E-state index contributed by atoms with van der Waals surface area (Å²) in [4.78, 5) is 0. The summed E-state index contributed by atoms with van der Waals surface area (Å²) in [5.74, 6) is 1.92. The molecule has 2 aromatic rings. The maximum Gasteiger partial charge on any atom is 0.106 e. The fourth-order valence-electron chi connectivity index (χ4n) is 1.99. The largest absolute Gasteiger partial charge is 0.466 e. The average Bonchev–Trinajstić information content (AvgIpc) is 2.77. The number of furan rings is 1. The van der Waals surface area contributed by atoms with Crippen molar-refractivity contribution < 1.29 is 4.42 Å². The molecule has 0 aliphatic rings. The second-order valence-electron chi connectivity index (χ2n) is 4.06. The van der Waals surface area contributed by atoms with Crippen LogP contribution < -0.4 is 0 Å². The Morgan fingerprint density at radius 2 is 2.06 bits per heavy atom. The molecule has 2 aromatic heterocycles. The highest BCUT2D eigenvalue weighted by molar-refractivity contribution is 7.07. The molecule has 0 N–H and O–H groups in total. The molecule has 1 nitrogen and oxygen atoms in total. The Morgan fingerprint density at radius 3 is 2.56 bits per heavy atom. The van der Waals surface area contributed by atoms with Crippen LogP contribution in [0.1, 0.15) is 33.6 Å². The summed E-state index contributed by atoms with van der Waals surface area (Å²) < 4.78 is 5.60. The highest BCUT2D eigenvalue weighted by Crippen LogP contribution is 2.33. The maximum atomic E-state index is 6.47. The molecule has 1 unspecified atom stereocenters. The normalized spacial score (nSPS) is 13.0. The summed E-state index contributed by atoms with van der Waals surface area (Å²) in [5, 5.41) is 4.23. The summed E-state index contributed by atoms with van der Waals surface area (Å²) in [5.41, 5.74) is 3.64. The highest BCUT2D eigenvalue weighted by atomic mass is 35.5. The molecule has 0 amide bonds. The fraction of sp³-hybridized carbons (Fsp3) is 0.385. The van der Waals surface area contributed by atoms with E-state index in [1.165, 1.54) is 11.1 Å². The molecule has 0 radical (unpaired) electrons. The first-order chi connectivity index (χ1) is 7.59. The van der Waals surface area contributed by atoms with Crippen molar-refractivity contribution in [2.24, 2.45) is 0 Å². The van der Waals surface area contributed by atoms with Crippen LogP contribution in [0.15, 0.2) is 21.2 Å². The minimum Gasteiger partial charge on any atom is -0.466 e. The van der Waals surface area contributed by atoms with Gasteiger partial charge in [0, 0.05) is 5.56 Å². The SMILES string of the molecule is Cc1oc(C)c(C(Cl)Cc2ccsc2)c1C. The van der Waals surface area contributed by atoms with E-state index in [0.29, 0.717) is 0 Å². The van der Waals surface area contributed by atoms with Crippen molar-refractivity contribution in [3.05, 3.63) is 45.0 Å². The number of alkyl halides is 1. The molecule has 1 atom stereocenters. The zero-order valence-corrected chi connectivity index (χ0v) is 11.3. The average molecular weight is 255 g/mol. The zero-order valence-electron chi connectivity index (χ0n) is 9.71. The van der Waals surface area contributed by atoms with Gasteiger partial charge in [0.25, 0.3) is 0 Å². The van der Waals surface area contributed by atoms with Crippen molar-refractivity contribution in [2.45, 2.75) is 32.6 Å². The molecule has 0 aliphatic heterocycles. The van der Waals surface area contributed by atoms with Gasteiger partial charge in [0.05, 0.1) is 5.38 Å². The van der Waals surface area contributed by atoms with Crippen LogP contribution in [0.5, 0.6) is 0 Å². The predicted octanol–water partition coefficient (Wildman–Crippen LogP) is 4.79. The molecule has 3 heteroatoms. The van der Waals surface area contributed by atoms with Crippen LogP contribution in [0.3, 0.4) is 0 Å². The Morgan fingerprint density at radius 1 is 1.31 bits per heavy atom. The van der Waals surface area contributed by atoms with Crippen LogP contribution in [-0.4, -0.2) is 0 Å². The van der Waals surface area contributed by atoms with Crippen molar-refractivity contribution in [3.63, 3.8) is 0 Å². The van der Waals surface area contributed by atoms with Crippen LogP contribution in [-0.2, 0) is 6.42 Å². The second kappa shape index (κ2) is 4.64. The van der Waals surface area contributed by atoms with E-state index in [0.717, 1.165) is 23.5 Å². The van der Waals surface area contributed by atoms with Crippen LogP contribution in [0.2, 0.25) is 0 Å². The monoisotopic (exact) mass is 254 g/mol. The molecule has 0 aromatic carbocycles. The van der Waals surface area contributed by atoms with E-state index in [9.17, 15) is 0 Å². The molecular weight excluding hydrogens is 240 g/mol. The van der Waals surface area contributed by atoms with Gasteiger partial charge in [-0.05, 0) is 55.1 Å². The molecule has 86 valence electrons. The van der Waals surface area contributed by atoms with E-state index in [2.05, 4.69) is 23.8 Å². The number of rotatable bonds is 3. The number of hydrogen-bond acceptors (Lipinski definition) is 2. The van der Waals surface area contributed by atoms with Gasteiger partial charge in [-0.1, -0.05) is 0 Å². The Balaban J connectivity index is 2.24. The smallest absolute Gasteiger partial charge is 0.106 e. The number of halogens is 1. The third-order valence-corrected chi connectivity index (χ3v) is 4.03. The van der Waals surface area contributed by atoms with E-state index in [1.807, 2.05) is 13.8 Å². The lowest BCUT2D eigenvalue weighted by Gasteiger charge is -2.08. The van der Waals surface area contributed by atoms with Crippen molar-refractivity contribution >= 4 is 22.9 Å². The van der Waals surface area contributed by atoms with Crippen LogP contribution >= 0.6 is 22.9 Å². The standard InChI is InChI=1S/C13H15ClOS/c1-8-9(2)15-10(3)13(8)12(14)6-11-4-5-16-7-11/h4-5,7,12H,6H2,1-3H3. The van der Waals surface area contributed by atoms with Gasteiger partial charge < -0.3 is 4.42 Å². The Hall–Kier alpha value is -0.730. The van der Waals surface area contributed by atoms with Crippen molar-refractivity contribution in [1.29, 1.82) is 0 Å². The van der Waals surface area contributed by atoms with Crippen LogP contribution in [0, 0.1) is 20.8 Å². The molecule has 0 bridgehead atoms. The summed E-state index contributed by atoms with van der Waals surface area (Å²) in [6.07, 6.45) is 0.867. The van der Waals surface area contributed by atoms with E-state index in [4.69, 9.17) is 16.0 Å².